The molecular formula is C11H15NO2. The number of ether oxygens (including phenoxy) is 1. The van der Waals surface area contributed by atoms with Gasteiger partial charge in [-0.1, -0.05) is 18.2 Å². The van der Waals surface area contributed by atoms with E-state index in [1.807, 2.05) is 25.1 Å². The number of fused-ring (bicyclic) bond motifs is 1. The summed E-state index contributed by atoms with van der Waals surface area (Å²) in [4.78, 5) is 0. The van der Waals surface area contributed by atoms with Gasteiger partial charge < -0.3 is 15.2 Å². The third kappa shape index (κ3) is 1.74. The highest BCUT2D eigenvalue weighted by molar-refractivity contribution is 5.39. The Bertz CT molecular complexity index is 314. The van der Waals surface area contributed by atoms with Crippen LogP contribution in [0.5, 0.6) is 5.75 Å². The third-order valence-electron chi connectivity index (χ3n) is 2.46. The largest absolute Gasteiger partial charge is 0.491 e. The molecule has 76 valence electrons. The molecule has 1 aliphatic rings. The highest BCUT2D eigenvalue weighted by Crippen LogP contribution is 2.31. The van der Waals surface area contributed by atoms with Crippen LogP contribution in [0.15, 0.2) is 24.3 Å². The van der Waals surface area contributed by atoms with Gasteiger partial charge in [0.1, 0.15) is 12.4 Å². The second kappa shape index (κ2) is 3.98. The summed E-state index contributed by atoms with van der Waals surface area (Å²) in [5, 5.41) is 12.2. The Balaban J connectivity index is 2.10. The van der Waals surface area contributed by atoms with E-state index in [0.29, 0.717) is 6.61 Å². The lowest BCUT2D eigenvalue weighted by Crippen LogP contribution is -2.33. The van der Waals surface area contributed by atoms with Crippen LogP contribution >= 0.6 is 0 Å². The van der Waals surface area contributed by atoms with Crippen molar-refractivity contribution in [3.63, 3.8) is 0 Å². The van der Waals surface area contributed by atoms with E-state index in [1.54, 1.807) is 0 Å². The molecule has 2 N–H and O–H groups in total. The van der Waals surface area contributed by atoms with Crippen molar-refractivity contribution in [1.29, 1.82) is 0 Å². The van der Waals surface area contributed by atoms with Crippen LogP contribution in [-0.2, 0) is 0 Å². The summed E-state index contributed by atoms with van der Waals surface area (Å²) in [6.45, 7) is 2.77. The summed E-state index contributed by atoms with van der Waals surface area (Å²) in [5.41, 5.74) is 1.19. The molecule has 1 aromatic carbocycles. The molecule has 1 aliphatic heterocycles. The van der Waals surface area contributed by atoms with Gasteiger partial charge in [-0.15, -0.1) is 0 Å². The molecule has 3 nitrogen and oxygen atoms in total. The maximum Gasteiger partial charge on any atom is 0.124 e. The number of hydrogen-bond acceptors (Lipinski definition) is 3. The predicted octanol–water partition coefficient (Wildman–Crippen LogP) is 1.09. The topological polar surface area (TPSA) is 41.5 Å². The normalized spacial score (nSPS) is 21.4. The zero-order valence-electron chi connectivity index (χ0n) is 8.23. The van der Waals surface area contributed by atoms with Gasteiger partial charge in [-0.2, -0.15) is 0 Å². The Hall–Kier alpha value is -1.06. The van der Waals surface area contributed by atoms with Gasteiger partial charge in [0.15, 0.2) is 0 Å². The smallest absolute Gasteiger partial charge is 0.124 e. The maximum atomic E-state index is 8.94. The quantitative estimate of drug-likeness (QED) is 0.755. The van der Waals surface area contributed by atoms with Crippen LogP contribution in [0.4, 0.5) is 0 Å². The molecular weight excluding hydrogens is 178 g/mol. The van der Waals surface area contributed by atoms with Crippen LogP contribution in [-0.4, -0.2) is 24.4 Å². The molecule has 0 aliphatic carbocycles. The molecule has 14 heavy (non-hydrogen) atoms. The fourth-order valence-corrected chi connectivity index (χ4v) is 1.70. The lowest BCUT2D eigenvalue weighted by Gasteiger charge is -2.16. The molecule has 0 spiro atoms. The molecule has 0 aromatic heterocycles. The molecule has 0 saturated heterocycles. The highest BCUT2D eigenvalue weighted by Gasteiger charge is 2.24. The molecule has 3 heteroatoms. The van der Waals surface area contributed by atoms with Gasteiger partial charge in [-0.25, -0.2) is 0 Å². The molecule has 2 atom stereocenters. The molecule has 2 rings (SSSR count). The van der Waals surface area contributed by atoms with Crippen molar-refractivity contribution >= 4 is 0 Å². The van der Waals surface area contributed by atoms with Crippen molar-refractivity contribution in [2.75, 3.05) is 13.2 Å². The van der Waals surface area contributed by atoms with E-state index in [0.717, 1.165) is 5.75 Å². The number of aliphatic hydroxyl groups excluding tert-OH is 1. The maximum absolute atomic E-state index is 8.94. The summed E-state index contributed by atoms with van der Waals surface area (Å²) in [7, 11) is 0. The van der Waals surface area contributed by atoms with Gasteiger partial charge in [-0.3, -0.25) is 0 Å². The van der Waals surface area contributed by atoms with Crippen molar-refractivity contribution in [2.24, 2.45) is 0 Å². The molecule has 1 heterocycles. The predicted molar refractivity (Wildman–Crippen MR) is 54.4 cm³/mol. The Labute approximate surface area is 83.7 Å². The van der Waals surface area contributed by atoms with Crippen LogP contribution in [0.2, 0.25) is 0 Å². The monoisotopic (exact) mass is 193 g/mol. The van der Waals surface area contributed by atoms with Gasteiger partial charge in [0.2, 0.25) is 0 Å². The first-order valence-electron chi connectivity index (χ1n) is 4.90. The van der Waals surface area contributed by atoms with Crippen molar-refractivity contribution in [1.82, 2.24) is 5.32 Å². The number of para-hydroxylation sites is 1. The van der Waals surface area contributed by atoms with Gasteiger partial charge in [0.25, 0.3) is 0 Å². The number of nitrogens with one attached hydrogen (secondary N) is 1. The zero-order chi connectivity index (χ0) is 9.97. The Kier molecular flexibility index (Phi) is 2.70. The number of rotatable bonds is 3. The second-order valence-corrected chi connectivity index (χ2v) is 3.65. The number of hydrogen-bond donors (Lipinski definition) is 2. The molecule has 1 unspecified atom stereocenters. The average Bonchev–Trinajstić information content (AvgIpc) is 2.62. The summed E-state index contributed by atoms with van der Waals surface area (Å²) in [6.07, 6.45) is 0. The van der Waals surface area contributed by atoms with E-state index in [9.17, 15) is 0 Å². The van der Waals surface area contributed by atoms with Gasteiger partial charge in [-0.05, 0) is 13.0 Å². The molecule has 0 amide bonds. The minimum atomic E-state index is 0.106. The van der Waals surface area contributed by atoms with E-state index in [4.69, 9.17) is 9.84 Å². The summed E-state index contributed by atoms with van der Waals surface area (Å²) in [6, 6.07) is 8.33. The average molecular weight is 193 g/mol. The first-order valence-corrected chi connectivity index (χ1v) is 4.90. The fourth-order valence-electron chi connectivity index (χ4n) is 1.70. The first kappa shape index (κ1) is 9.49. The van der Waals surface area contributed by atoms with Crippen LogP contribution in [0.3, 0.4) is 0 Å². The van der Waals surface area contributed by atoms with E-state index >= 15 is 0 Å². The lowest BCUT2D eigenvalue weighted by atomic mass is 10.1. The van der Waals surface area contributed by atoms with Crippen LogP contribution in [0, 0.1) is 0 Å². The standard InChI is InChI=1S/C11H15NO2/c1-8(6-13)12-10-7-14-11-5-3-2-4-9(10)11/h2-5,8,10,12-13H,6-7H2,1H3/t8-,10?/m1/s1. The molecule has 0 bridgehead atoms. The minimum Gasteiger partial charge on any atom is -0.491 e. The fraction of sp³-hybridized carbons (Fsp3) is 0.455. The Morgan fingerprint density at radius 3 is 3.14 bits per heavy atom. The Morgan fingerprint density at radius 1 is 1.57 bits per heavy atom. The van der Waals surface area contributed by atoms with Gasteiger partial charge >= 0.3 is 0 Å². The third-order valence-corrected chi connectivity index (χ3v) is 2.46. The van der Waals surface area contributed by atoms with Crippen LogP contribution in [0.25, 0.3) is 0 Å². The molecule has 0 fully saturated rings. The summed E-state index contributed by atoms with van der Waals surface area (Å²) < 4.78 is 5.51. The minimum absolute atomic E-state index is 0.106. The first-order chi connectivity index (χ1) is 6.81. The number of aliphatic hydroxyl groups is 1. The van der Waals surface area contributed by atoms with Crippen molar-refractivity contribution < 1.29 is 9.84 Å². The van der Waals surface area contributed by atoms with Crippen molar-refractivity contribution in [3.05, 3.63) is 29.8 Å². The second-order valence-electron chi connectivity index (χ2n) is 3.65. The van der Waals surface area contributed by atoms with E-state index in [-0.39, 0.29) is 18.7 Å². The number of benzene rings is 1. The zero-order valence-corrected chi connectivity index (χ0v) is 8.23. The van der Waals surface area contributed by atoms with E-state index in [1.165, 1.54) is 5.56 Å². The molecule has 0 saturated carbocycles. The lowest BCUT2D eigenvalue weighted by molar-refractivity contribution is 0.227. The van der Waals surface area contributed by atoms with Gasteiger partial charge in [0, 0.05) is 11.6 Å². The van der Waals surface area contributed by atoms with Crippen LogP contribution in [0.1, 0.15) is 18.5 Å². The molecule has 0 radical (unpaired) electrons. The highest BCUT2D eigenvalue weighted by atomic mass is 16.5. The summed E-state index contributed by atoms with van der Waals surface area (Å²) >= 11 is 0. The van der Waals surface area contributed by atoms with Crippen molar-refractivity contribution in [3.8, 4) is 5.75 Å². The van der Waals surface area contributed by atoms with Crippen LogP contribution < -0.4 is 10.1 Å². The molecule has 1 aromatic rings. The summed E-state index contributed by atoms with van der Waals surface area (Å²) in [5.74, 6) is 0.954. The Morgan fingerprint density at radius 2 is 2.36 bits per heavy atom. The SMILES string of the molecule is C[C@H](CO)NC1COc2ccccc21. The van der Waals surface area contributed by atoms with Crippen molar-refractivity contribution in [2.45, 2.75) is 19.0 Å². The van der Waals surface area contributed by atoms with E-state index in [2.05, 4.69) is 11.4 Å². The van der Waals surface area contributed by atoms with Gasteiger partial charge in [0.05, 0.1) is 12.6 Å². The van der Waals surface area contributed by atoms with E-state index < -0.39 is 0 Å².